The van der Waals surface area contributed by atoms with E-state index >= 15 is 0 Å². The fourth-order valence-electron chi connectivity index (χ4n) is 2.21. The molecule has 1 heterocycles. The van der Waals surface area contributed by atoms with E-state index in [1.165, 1.54) is 7.11 Å². The molecule has 2 rings (SSSR count). The summed E-state index contributed by atoms with van der Waals surface area (Å²) in [5, 5.41) is 2.79. The third-order valence-corrected chi connectivity index (χ3v) is 4.00. The van der Waals surface area contributed by atoms with Crippen molar-refractivity contribution >= 4 is 30.1 Å². The van der Waals surface area contributed by atoms with Crippen LogP contribution in [-0.2, 0) is 9.53 Å². The van der Waals surface area contributed by atoms with Crippen molar-refractivity contribution < 1.29 is 14.3 Å². The number of nitrogens with zero attached hydrogens (tertiary/aromatic N) is 1. The minimum absolute atomic E-state index is 0. The van der Waals surface area contributed by atoms with Crippen molar-refractivity contribution in [3.05, 3.63) is 34.9 Å². The minimum Gasteiger partial charge on any atom is -0.465 e. The Kier molecular flexibility index (Phi) is 5.35. The van der Waals surface area contributed by atoms with Crippen LogP contribution in [-0.4, -0.2) is 30.4 Å². The molecule has 0 radical (unpaired) electrons. The maximum atomic E-state index is 12.2. The fourth-order valence-corrected chi connectivity index (χ4v) is 2.21. The van der Waals surface area contributed by atoms with Gasteiger partial charge in [0.15, 0.2) is 0 Å². The zero-order valence-corrected chi connectivity index (χ0v) is 14.2. The van der Waals surface area contributed by atoms with Crippen LogP contribution in [0.2, 0.25) is 0 Å². The van der Waals surface area contributed by atoms with Crippen molar-refractivity contribution in [2.75, 3.05) is 7.11 Å². The quantitative estimate of drug-likeness (QED) is 0.869. The molecule has 0 fully saturated rings. The first-order valence-electron chi connectivity index (χ1n) is 6.90. The van der Waals surface area contributed by atoms with E-state index in [0.29, 0.717) is 17.0 Å². The monoisotopic (exact) mass is 324 g/mol. The van der Waals surface area contributed by atoms with Crippen LogP contribution in [0.5, 0.6) is 0 Å². The van der Waals surface area contributed by atoms with Gasteiger partial charge in [0.2, 0.25) is 0 Å². The van der Waals surface area contributed by atoms with Gasteiger partial charge in [0.1, 0.15) is 11.4 Å². The number of esters is 1. The predicted molar refractivity (Wildman–Crippen MR) is 87.7 cm³/mol. The lowest BCUT2D eigenvalue weighted by atomic mass is 9.89. The fraction of sp³-hybridized carbons (Fsp3) is 0.438. The lowest BCUT2D eigenvalue weighted by Gasteiger charge is -2.21. The summed E-state index contributed by atoms with van der Waals surface area (Å²) >= 11 is 0. The molecule has 6 heteroatoms. The molecule has 1 aliphatic heterocycles. The largest absolute Gasteiger partial charge is 0.465 e. The summed E-state index contributed by atoms with van der Waals surface area (Å²) in [7, 11) is 1.33. The van der Waals surface area contributed by atoms with Crippen LogP contribution in [0.15, 0.2) is 23.2 Å². The molecule has 22 heavy (non-hydrogen) atoms. The van der Waals surface area contributed by atoms with E-state index in [9.17, 15) is 9.59 Å². The third-order valence-electron chi connectivity index (χ3n) is 4.00. The van der Waals surface area contributed by atoms with E-state index in [2.05, 4.69) is 10.3 Å². The van der Waals surface area contributed by atoms with Crippen LogP contribution in [0.3, 0.4) is 0 Å². The van der Waals surface area contributed by atoms with Gasteiger partial charge in [-0.25, -0.2) is 4.79 Å². The number of halogens is 1. The molecule has 1 amide bonds. The SMILES string of the molecule is COC(=O)c1ccc(C)cc1C1=NC(C)(C(C)C)C(=O)N1.Cl. The van der Waals surface area contributed by atoms with Gasteiger partial charge in [0, 0.05) is 5.56 Å². The second-order valence-corrected chi connectivity index (χ2v) is 5.76. The summed E-state index contributed by atoms with van der Waals surface area (Å²) in [6, 6.07) is 5.35. The van der Waals surface area contributed by atoms with Crippen LogP contribution < -0.4 is 5.32 Å². The van der Waals surface area contributed by atoms with Gasteiger partial charge in [0.25, 0.3) is 5.91 Å². The minimum atomic E-state index is -0.813. The zero-order valence-electron chi connectivity index (χ0n) is 13.4. The number of hydrogen-bond donors (Lipinski definition) is 1. The Morgan fingerprint density at radius 1 is 1.36 bits per heavy atom. The number of hydrogen-bond acceptors (Lipinski definition) is 4. The Morgan fingerprint density at radius 3 is 2.50 bits per heavy atom. The van der Waals surface area contributed by atoms with Gasteiger partial charge < -0.3 is 10.1 Å². The third kappa shape index (κ3) is 2.99. The summed E-state index contributed by atoms with van der Waals surface area (Å²) in [4.78, 5) is 28.6. The van der Waals surface area contributed by atoms with Crippen molar-refractivity contribution in [2.45, 2.75) is 33.2 Å². The molecule has 0 saturated heterocycles. The molecular formula is C16H21ClN2O3. The van der Waals surface area contributed by atoms with E-state index < -0.39 is 11.5 Å². The van der Waals surface area contributed by atoms with E-state index in [4.69, 9.17) is 4.74 Å². The molecule has 0 saturated carbocycles. The predicted octanol–water partition coefficient (Wildman–Crippen LogP) is 2.49. The van der Waals surface area contributed by atoms with Crippen molar-refractivity contribution in [1.29, 1.82) is 0 Å². The first-order chi connectivity index (χ1) is 9.79. The second-order valence-electron chi connectivity index (χ2n) is 5.76. The Labute approximate surface area is 136 Å². The molecule has 120 valence electrons. The highest BCUT2D eigenvalue weighted by atomic mass is 35.5. The Morgan fingerprint density at radius 2 is 2.00 bits per heavy atom. The summed E-state index contributed by atoms with van der Waals surface area (Å²) < 4.78 is 4.80. The number of carbonyl (C=O) groups is 2. The van der Waals surface area contributed by atoms with E-state index in [1.807, 2.05) is 32.9 Å². The highest BCUT2D eigenvalue weighted by molar-refractivity contribution is 6.18. The molecule has 0 bridgehead atoms. The number of methoxy groups -OCH3 is 1. The molecule has 0 aliphatic carbocycles. The lowest BCUT2D eigenvalue weighted by Crippen LogP contribution is -2.41. The maximum absolute atomic E-state index is 12.2. The highest BCUT2D eigenvalue weighted by Gasteiger charge is 2.42. The average Bonchev–Trinajstić information content (AvgIpc) is 2.75. The molecule has 1 N–H and O–H groups in total. The molecule has 1 unspecified atom stereocenters. The van der Waals surface area contributed by atoms with Gasteiger partial charge in [-0.15, -0.1) is 12.4 Å². The summed E-state index contributed by atoms with van der Waals surface area (Å²) in [6.45, 7) is 7.62. The van der Waals surface area contributed by atoms with Crippen molar-refractivity contribution in [1.82, 2.24) is 5.32 Å². The number of amidine groups is 1. The summed E-state index contributed by atoms with van der Waals surface area (Å²) in [5.41, 5.74) is 1.16. The Balaban J connectivity index is 0.00000242. The van der Waals surface area contributed by atoms with Gasteiger partial charge in [-0.3, -0.25) is 9.79 Å². The number of rotatable bonds is 3. The van der Waals surface area contributed by atoms with Gasteiger partial charge in [-0.1, -0.05) is 25.5 Å². The molecule has 1 aromatic carbocycles. The maximum Gasteiger partial charge on any atom is 0.338 e. The second kappa shape index (κ2) is 6.48. The number of ether oxygens (including phenoxy) is 1. The number of aliphatic imine (C=N–C) groups is 1. The standard InChI is InChI=1S/C16H20N2O3.ClH/c1-9(2)16(4)15(20)17-13(18-16)12-8-10(3)6-7-11(12)14(19)21-5;/h6-9H,1-5H3,(H,17,18,20);1H. The molecular weight excluding hydrogens is 304 g/mol. The normalized spacial score (nSPS) is 20.3. The van der Waals surface area contributed by atoms with Gasteiger partial charge >= 0.3 is 5.97 Å². The molecule has 1 aromatic rings. The van der Waals surface area contributed by atoms with Crippen molar-refractivity contribution in [2.24, 2.45) is 10.9 Å². The average molecular weight is 325 g/mol. The smallest absolute Gasteiger partial charge is 0.338 e. The Hall–Kier alpha value is -1.88. The van der Waals surface area contributed by atoms with Gasteiger partial charge in [-0.2, -0.15) is 0 Å². The van der Waals surface area contributed by atoms with E-state index in [0.717, 1.165) is 5.56 Å². The number of aryl methyl sites for hydroxylation is 1. The van der Waals surface area contributed by atoms with Crippen LogP contribution in [0.25, 0.3) is 0 Å². The zero-order chi connectivity index (χ0) is 15.8. The molecule has 1 aliphatic rings. The number of carbonyl (C=O) groups excluding carboxylic acids is 2. The van der Waals surface area contributed by atoms with Crippen LogP contribution in [0, 0.1) is 12.8 Å². The van der Waals surface area contributed by atoms with Crippen molar-refractivity contribution in [3.8, 4) is 0 Å². The Bertz CT molecular complexity index is 640. The topological polar surface area (TPSA) is 67.8 Å². The number of nitrogens with one attached hydrogen (secondary N) is 1. The highest BCUT2D eigenvalue weighted by Crippen LogP contribution is 2.28. The molecule has 1 atom stereocenters. The molecule has 0 aromatic heterocycles. The van der Waals surface area contributed by atoms with Crippen molar-refractivity contribution in [3.63, 3.8) is 0 Å². The van der Waals surface area contributed by atoms with Gasteiger partial charge in [0.05, 0.1) is 12.7 Å². The summed E-state index contributed by atoms with van der Waals surface area (Å²) in [5.74, 6) is -0.105. The van der Waals surface area contributed by atoms with E-state index in [-0.39, 0.29) is 24.2 Å². The lowest BCUT2D eigenvalue weighted by molar-refractivity contribution is -0.124. The van der Waals surface area contributed by atoms with Crippen LogP contribution in [0.4, 0.5) is 0 Å². The number of benzene rings is 1. The van der Waals surface area contributed by atoms with Gasteiger partial charge in [-0.05, 0) is 31.9 Å². The molecule has 0 spiro atoms. The van der Waals surface area contributed by atoms with Crippen LogP contribution in [0.1, 0.15) is 42.3 Å². The summed E-state index contributed by atoms with van der Waals surface area (Å²) in [6.07, 6.45) is 0. The first kappa shape index (κ1) is 18.2. The number of amides is 1. The first-order valence-corrected chi connectivity index (χ1v) is 6.90. The molecule has 5 nitrogen and oxygen atoms in total. The van der Waals surface area contributed by atoms with Crippen LogP contribution >= 0.6 is 12.4 Å². The van der Waals surface area contributed by atoms with E-state index in [1.54, 1.807) is 13.0 Å².